The number of nitrogens with one attached hydrogen (secondary N) is 1. The lowest BCUT2D eigenvalue weighted by Crippen LogP contribution is -2.28. The average molecular weight is 255 g/mol. The Hall–Kier alpha value is -2.36. The minimum atomic E-state index is -0.0463. The highest BCUT2D eigenvalue weighted by atomic mass is 16.1. The first-order valence-corrected chi connectivity index (χ1v) is 6.19. The highest BCUT2D eigenvalue weighted by molar-refractivity contribution is 5.79. The van der Waals surface area contributed by atoms with E-state index in [1.54, 1.807) is 24.5 Å². The first-order chi connectivity index (χ1) is 9.15. The molecule has 0 bridgehead atoms. The van der Waals surface area contributed by atoms with E-state index in [9.17, 15) is 4.79 Å². The first-order valence-electron chi connectivity index (χ1n) is 6.19. The molecule has 98 valence electrons. The number of nitrogens with zero attached hydrogens (tertiary/aromatic N) is 1. The second kappa shape index (κ2) is 6.00. The topological polar surface area (TPSA) is 68.0 Å². The summed E-state index contributed by atoms with van der Waals surface area (Å²) >= 11 is 0. The number of amides is 1. The first kappa shape index (κ1) is 13.1. The zero-order valence-corrected chi connectivity index (χ0v) is 10.8. The summed E-state index contributed by atoms with van der Waals surface area (Å²) in [7, 11) is 0. The van der Waals surface area contributed by atoms with Gasteiger partial charge in [-0.2, -0.15) is 0 Å². The second-order valence-corrected chi connectivity index (χ2v) is 4.49. The van der Waals surface area contributed by atoms with E-state index in [2.05, 4.69) is 10.3 Å². The number of pyridine rings is 1. The molecule has 19 heavy (non-hydrogen) atoms. The van der Waals surface area contributed by atoms with Crippen LogP contribution in [-0.4, -0.2) is 10.9 Å². The lowest BCUT2D eigenvalue weighted by molar-refractivity contribution is -0.121. The van der Waals surface area contributed by atoms with E-state index in [0.29, 0.717) is 12.1 Å². The van der Waals surface area contributed by atoms with Crippen molar-refractivity contribution in [1.82, 2.24) is 10.3 Å². The van der Waals surface area contributed by atoms with Gasteiger partial charge in [-0.25, -0.2) is 0 Å². The Kier molecular flexibility index (Phi) is 4.13. The fourth-order valence-corrected chi connectivity index (χ4v) is 1.83. The van der Waals surface area contributed by atoms with Crippen molar-refractivity contribution in [3.8, 4) is 0 Å². The van der Waals surface area contributed by atoms with Crippen LogP contribution in [0.3, 0.4) is 0 Å². The van der Waals surface area contributed by atoms with Crippen LogP contribution in [-0.2, 0) is 11.2 Å². The minimum absolute atomic E-state index is 0.0128. The van der Waals surface area contributed by atoms with Gasteiger partial charge in [-0.05, 0) is 36.2 Å². The van der Waals surface area contributed by atoms with Crippen LogP contribution in [0.4, 0.5) is 5.69 Å². The number of carbonyl (C=O) groups excluding carboxylic acids is 1. The number of hydrogen-bond donors (Lipinski definition) is 2. The molecule has 0 saturated heterocycles. The molecule has 3 N–H and O–H groups in total. The van der Waals surface area contributed by atoms with Crippen molar-refractivity contribution in [2.24, 2.45) is 0 Å². The van der Waals surface area contributed by atoms with Crippen molar-refractivity contribution < 1.29 is 4.79 Å². The van der Waals surface area contributed by atoms with Gasteiger partial charge >= 0.3 is 0 Å². The third kappa shape index (κ3) is 3.81. The van der Waals surface area contributed by atoms with Gasteiger partial charge in [0.2, 0.25) is 5.91 Å². The summed E-state index contributed by atoms with van der Waals surface area (Å²) in [6.45, 7) is 1.94. The highest BCUT2D eigenvalue weighted by Crippen LogP contribution is 2.11. The van der Waals surface area contributed by atoms with E-state index in [4.69, 9.17) is 5.73 Å². The summed E-state index contributed by atoms with van der Waals surface area (Å²) in [5.74, 6) is -0.0128. The van der Waals surface area contributed by atoms with Gasteiger partial charge in [-0.1, -0.05) is 18.2 Å². The molecule has 0 unspecified atom stereocenters. The molecular formula is C15H17N3O. The molecular weight excluding hydrogens is 238 g/mol. The molecule has 0 spiro atoms. The van der Waals surface area contributed by atoms with Crippen molar-refractivity contribution in [2.45, 2.75) is 19.4 Å². The summed E-state index contributed by atoms with van der Waals surface area (Å²) in [6, 6.07) is 11.1. The number of hydrogen-bond acceptors (Lipinski definition) is 3. The molecule has 2 rings (SSSR count). The Labute approximate surface area is 112 Å². The second-order valence-electron chi connectivity index (χ2n) is 4.49. The number of nitrogen functional groups attached to an aromatic ring is 1. The minimum Gasteiger partial charge on any atom is -0.399 e. The van der Waals surface area contributed by atoms with Gasteiger partial charge in [0.1, 0.15) is 0 Å². The third-order valence-electron chi connectivity index (χ3n) is 2.91. The molecule has 1 heterocycles. The highest BCUT2D eigenvalue weighted by Gasteiger charge is 2.09. The lowest BCUT2D eigenvalue weighted by atomic mass is 10.1. The molecule has 1 aromatic heterocycles. The van der Waals surface area contributed by atoms with E-state index < -0.39 is 0 Å². The van der Waals surface area contributed by atoms with Crippen LogP contribution in [0.1, 0.15) is 24.1 Å². The molecule has 4 nitrogen and oxygen atoms in total. The van der Waals surface area contributed by atoms with Crippen molar-refractivity contribution in [2.75, 3.05) is 5.73 Å². The number of nitrogens with two attached hydrogens (primary N) is 1. The molecule has 0 fully saturated rings. The van der Waals surface area contributed by atoms with Gasteiger partial charge < -0.3 is 11.1 Å². The van der Waals surface area contributed by atoms with Crippen LogP contribution >= 0.6 is 0 Å². The molecule has 0 radical (unpaired) electrons. The Balaban J connectivity index is 1.93. The number of anilines is 1. The fraction of sp³-hybridized carbons (Fsp3) is 0.200. The van der Waals surface area contributed by atoms with E-state index in [-0.39, 0.29) is 11.9 Å². The zero-order valence-electron chi connectivity index (χ0n) is 10.8. The Morgan fingerprint density at radius 2 is 2.05 bits per heavy atom. The van der Waals surface area contributed by atoms with Crippen LogP contribution < -0.4 is 11.1 Å². The maximum Gasteiger partial charge on any atom is 0.224 e. The van der Waals surface area contributed by atoms with Crippen molar-refractivity contribution >= 4 is 11.6 Å². The van der Waals surface area contributed by atoms with Crippen LogP contribution in [0, 0.1) is 0 Å². The summed E-state index contributed by atoms with van der Waals surface area (Å²) in [5.41, 5.74) is 8.25. The van der Waals surface area contributed by atoms with Crippen LogP contribution in [0.5, 0.6) is 0 Å². The van der Waals surface area contributed by atoms with Gasteiger partial charge in [-0.15, -0.1) is 0 Å². The summed E-state index contributed by atoms with van der Waals surface area (Å²) in [4.78, 5) is 16.0. The normalized spacial score (nSPS) is 11.8. The van der Waals surface area contributed by atoms with Crippen LogP contribution in [0.2, 0.25) is 0 Å². The Morgan fingerprint density at radius 3 is 2.68 bits per heavy atom. The lowest BCUT2D eigenvalue weighted by Gasteiger charge is -2.13. The van der Waals surface area contributed by atoms with Crippen LogP contribution in [0.25, 0.3) is 0 Å². The van der Waals surface area contributed by atoms with E-state index in [0.717, 1.165) is 11.1 Å². The molecule has 4 heteroatoms. The van der Waals surface area contributed by atoms with Crippen molar-refractivity contribution in [1.29, 1.82) is 0 Å². The predicted molar refractivity (Wildman–Crippen MR) is 75.4 cm³/mol. The molecule has 2 aromatic rings. The van der Waals surface area contributed by atoms with Crippen LogP contribution in [0.15, 0.2) is 48.8 Å². The molecule has 0 aliphatic carbocycles. The number of carbonyl (C=O) groups is 1. The monoisotopic (exact) mass is 255 g/mol. The van der Waals surface area contributed by atoms with E-state index >= 15 is 0 Å². The molecule has 1 atom stereocenters. The zero-order chi connectivity index (χ0) is 13.7. The maximum atomic E-state index is 11.9. The Bertz CT molecular complexity index is 537. The van der Waals surface area contributed by atoms with Crippen molar-refractivity contribution in [3.05, 3.63) is 59.9 Å². The number of benzene rings is 1. The predicted octanol–water partition coefficient (Wildman–Crippen LogP) is 2.08. The quantitative estimate of drug-likeness (QED) is 0.822. The summed E-state index contributed by atoms with van der Waals surface area (Å²) in [6.07, 6.45) is 3.82. The van der Waals surface area contributed by atoms with Crippen molar-refractivity contribution in [3.63, 3.8) is 0 Å². The van der Waals surface area contributed by atoms with Gasteiger partial charge in [0.25, 0.3) is 0 Å². The van der Waals surface area contributed by atoms with Gasteiger partial charge in [0, 0.05) is 18.1 Å². The summed E-state index contributed by atoms with van der Waals surface area (Å²) < 4.78 is 0. The van der Waals surface area contributed by atoms with Gasteiger partial charge in [0.15, 0.2) is 0 Å². The fourth-order valence-electron chi connectivity index (χ4n) is 1.83. The smallest absolute Gasteiger partial charge is 0.224 e. The Morgan fingerprint density at radius 1 is 1.32 bits per heavy atom. The SMILES string of the molecule is C[C@@H](NC(=O)Cc1ccc(N)cc1)c1cccnc1. The summed E-state index contributed by atoms with van der Waals surface area (Å²) in [5, 5.41) is 2.95. The van der Waals surface area contributed by atoms with Gasteiger partial charge in [0.05, 0.1) is 12.5 Å². The molecule has 1 amide bonds. The van der Waals surface area contributed by atoms with E-state index in [1.807, 2.05) is 31.2 Å². The van der Waals surface area contributed by atoms with Gasteiger partial charge in [-0.3, -0.25) is 9.78 Å². The molecule has 0 saturated carbocycles. The maximum absolute atomic E-state index is 11.9. The third-order valence-corrected chi connectivity index (χ3v) is 2.91. The largest absolute Gasteiger partial charge is 0.399 e. The molecule has 1 aromatic carbocycles. The molecule has 0 aliphatic rings. The molecule has 0 aliphatic heterocycles. The number of aromatic nitrogens is 1. The average Bonchev–Trinajstić information content (AvgIpc) is 2.42. The van der Waals surface area contributed by atoms with E-state index in [1.165, 1.54) is 0 Å². The number of rotatable bonds is 4. The standard InChI is InChI=1S/C15H17N3O/c1-11(13-3-2-8-17-10-13)18-15(19)9-12-4-6-14(16)7-5-12/h2-8,10-11H,9,16H2,1H3,(H,18,19)/t11-/m1/s1.